The lowest BCUT2D eigenvalue weighted by Gasteiger charge is -2.24. The Morgan fingerprint density at radius 3 is 1.44 bits per heavy atom. The molecular weight excluding hydrogens is 208 g/mol. The Bertz CT molecular complexity index is 201. The Hall–Kier alpha value is -1.06. The zero-order chi connectivity index (χ0) is 12.6. The van der Waals surface area contributed by atoms with Gasteiger partial charge in [-0.25, -0.2) is 0 Å². The summed E-state index contributed by atoms with van der Waals surface area (Å²) in [5, 5.41) is 17.4. The normalized spacial score (nSPS) is 24.1. The minimum absolute atomic E-state index is 0.506. The molecule has 4 heteroatoms. The van der Waals surface area contributed by atoms with Gasteiger partial charge in [-0.1, -0.05) is 39.5 Å². The summed E-state index contributed by atoms with van der Waals surface area (Å²) in [5.41, 5.74) is 0. The lowest BCUT2D eigenvalue weighted by molar-refractivity contribution is -0.155. The molecule has 0 aromatic rings. The Balaban J connectivity index is 0.000000487. The second-order valence-electron chi connectivity index (χ2n) is 4.17. The van der Waals surface area contributed by atoms with Crippen molar-refractivity contribution in [3.63, 3.8) is 0 Å². The van der Waals surface area contributed by atoms with Gasteiger partial charge in [0.15, 0.2) is 0 Å². The van der Waals surface area contributed by atoms with Crippen molar-refractivity contribution in [2.75, 3.05) is 0 Å². The van der Waals surface area contributed by atoms with Crippen molar-refractivity contribution in [1.29, 1.82) is 0 Å². The van der Waals surface area contributed by atoms with E-state index in [9.17, 15) is 9.59 Å². The third-order valence-corrected chi connectivity index (χ3v) is 2.90. The highest BCUT2D eigenvalue weighted by Gasteiger charge is 2.35. The van der Waals surface area contributed by atoms with Crippen LogP contribution in [-0.2, 0) is 9.59 Å². The van der Waals surface area contributed by atoms with Gasteiger partial charge in [0.05, 0.1) is 11.8 Å². The molecule has 1 fully saturated rings. The van der Waals surface area contributed by atoms with Gasteiger partial charge in [0.1, 0.15) is 0 Å². The van der Waals surface area contributed by atoms with E-state index in [0.29, 0.717) is 12.8 Å². The molecule has 0 spiro atoms. The van der Waals surface area contributed by atoms with Gasteiger partial charge >= 0.3 is 11.9 Å². The van der Waals surface area contributed by atoms with E-state index in [4.69, 9.17) is 10.2 Å². The second kappa shape index (κ2) is 8.13. The largest absolute Gasteiger partial charge is 0.481 e. The highest BCUT2D eigenvalue weighted by Crippen LogP contribution is 2.30. The van der Waals surface area contributed by atoms with Gasteiger partial charge in [0, 0.05) is 0 Å². The molecule has 16 heavy (non-hydrogen) atoms. The number of hydrogen-bond donors (Lipinski definition) is 2. The Kier molecular flexibility index (Phi) is 7.60. The highest BCUT2D eigenvalue weighted by molar-refractivity contribution is 5.80. The first-order valence-electron chi connectivity index (χ1n) is 6.00. The second-order valence-corrected chi connectivity index (χ2v) is 4.17. The lowest BCUT2D eigenvalue weighted by atomic mass is 9.79. The van der Waals surface area contributed by atoms with Crippen LogP contribution in [0.5, 0.6) is 0 Å². The first kappa shape index (κ1) is 14.9. The number of carbonyl (C=O) groups is 2. The summed E-state index contributed by atoms with van der Waals surface area (Å²) in [7, 11) is 0. The minimum Gasteiger partial charge on any atom is -0.481 e. The van der Waals surface area contributed by atoms with E-state index in [1.807, 2.05) is 0 Å². The third kappa shape index (κ3) is 5.14. The summed E-state index contributed by atoms with van der Waals surface area (Å²) in [4.78, 5) is 21.2. The van der Waals surface area contributed by atoms with Crippen LogP contribution in [0.1, 0.15) is 52.4 Å². The quantitative estimate of drug-likeness (QED) is 0.781. The summed E-state index contributed by atoms with van der Waals surface area (Å²) < 4.78 is 0. The SMILES string of the molecule is CCCC.O=C(O)C1CCCCC1C(=O)O. The average Bonchev–Trinajstić information content (AvgIpc) is 2.29. The van der Waals surface area contributed by atoms with Gasteiger partial charge in [-0.05, 0) is 12.8 Å². The van der Waals surface area contributed by atoms with Crippen LogP contribution in [0.25, 0.3) is 0 Å². The molecule has 0 heterocycles. The molecule has 0 aliphatic heterocycles. The zero-order valence-corrected chi connectivity index (χ0v) is 10.1. The summed E-state index contributed by atoms with van der Waals surface area (Å²) in [6.45, 7) is 4.36. The number of rotatable bonds is 3. The molecule has 2 unspecified atom stereocenters. The summed E-state index contributed by atoms with van der Waals surface area (Å²) in [5.74, 6) is -3.28. The van der Waals surface area contributed by atoms with Crippen LogP contribution in [-0.4, -0.2) is 22.2 Å². The predicted octanol–water partition coefficient (Wildman–Crippen LogP) is 2.77. The topological polar surface area (TPSA) is 74.6 Å². The van der Waals surface area contributed by atoms with E-state index in [-0.39, 0.29) is 0 Å². The fourth-order valence-corrected chi connectivity index (χ4v) is 1.72. The third-order valence-electron chi connectivity index (χ3n) is 2.90. The maximum atomic E-state index is 10.6. The molecule has 0 saturated heterocycles. The molecule has 0 bridgehead atoms. The van der Waals surface area contributed by atoms with Crippen LogP contribution in [0, 0.1) is 11.8 Å². The van der Waals surface area contributed by atoms with Gasteiger partial charge in [0.2, 0.25) is 0 Å². The van der Waals surface area contributed by atoms with Crippen molar-refractivity contribution >= 4 is 11.9 Å². The molecule has 1 aliphatic rings. The van der Waals surface area contributed by atoms with E-state index >= 15 is 0 Å². The lowest BCUT2D eigenvalue weighted by Crippen LogP contribution is -2.32. The number of aliphatic carboxylic acids is 2. The minimum atomic E-state index is -0.970. The molecule has 1 rings (SSSR count). The van der Waals surface area contributed by atoms with Crippen molar-refractivity contribution in [2.45, 2.75) is 52.4 Å². The molecule has 2 N–H and O–H groups in total. The Labute approximate surface area is 96.7 Å². The van der Waals surface area contributed by atoms with E-state index in [0.717, 1.165) is 12.8 Å². The van der Waals surface area contributed by atoms with Crippen LogP contribution in [0.4, 0.5) is 0 Å². The summed E-state index contributed by atoms with van der Waals surface area (Å²) in [6.07, 6.45) is 5.32. The number of hydrogen-bond acceptors (Lipinski definition) is 2. The molecular formula is C12H22O4. The maximum Gasteiger partial charge on any atom is 0.307 e. The van der Waals surface area contributed by atoms with Crippen LogP contribution in [0.2, 0.25) is 0 Å². The predicted molar refractivity (Wildman–Crippen MR) is 61.3 cm³/mol. The van der Waals surface area contributed by atoms with Crippen LogP contribution in [0.15, 0.2) is 0 Å². The number of carboxylic acid groups (broad SMARTS) is 2. The molecule has 0 aromatic carbocycles. The van der Waals surface area contributed by atoms with Crippen molar-refractivity contribution in [3.8, 4) is 0 Å². The van der Waals surface area contributed by atoms with Gasteiger partial charge in [-0.2, -0.15) is 0 Å². The van der Waals surface area contributed by atoms with Gasteiger partial charge < -0.3 is 10.2 Å². The highest BCUT2D eigenvalue weighted by atomic mass is 16.4. The van der Waals surface area contributed by atoms with Crippen molar-refractivity contribution < 1.29 is 19.8 Å². The van der Waals surface area contributed by atoms with Gasteiger partial charge in [-0.3, -0.25) is 9.59 Å². The smallest absolute Gasteiger partial charge is 0.307 e. The van der Waals surface area contributed by atoms with Gasteiger partial charge in [0.25, 0.3) is 0 Å². The van der Waals surface area contributed by atoms with Crippen LogP contribution in [0.3, 0.4) is 0 Å². The average molecular weight is 230 g/mol. The number of carboxylic acids is 2. The molecule has 1 aliphatic carbocycles. The van der Waals surface area contributed by atoms with Crippen LogP contribution >= 0.6 is 0 Å². The molecule has 4 nitrogen and oxygen atoms in total. The Morgan fingerprint density at radius 2 is 1.25 bits per heavy atom. The standard InChI is InChI=1S/C8H12O4.C4H10/c9-7(10)5-3-1-2-4-6(5)8(11)12;1-3-4-2/h5-6H,1-4H2,(H,9,10)(H,11,12);3-4H2,1-2H3. The van der Waals surface area contributed by atoms with E-state index in [1.165, 1.54) is 12.8 Å². The van der Waals surface area contributed by atoms with Gasteiger partial charge in [-0.15, -0.1) is 0 Å². The fraction of sp³-hybridized carbons (Fsp3) is 0.833. The van der Waals surface area contributed by atoms with Crippen molar-refractivity contribution in [3.05, 3.63) is 0 Å². The van der Waals surface area contributed by atoms with Crippen LogP contribution < -0.4 is 0 Å². The zero-order valence-electron chi connectivity index (χ0n) is 10.1. The molecule has 2 atom stereocenters. The first-order chi connectivity index (χ1) is 7.54. The monoisotopic (exact) mass is 230 g/mol. The van der Waals surface area contributed by atoms with E-state index < -0.39 is 23.8 Å². The summed E-state index contributed by atoms with van der Waals surface area (Å²) in [6, 6.07) is 0. The first-order valence-corrected chi connectivity index (χ1v) is 6.00. The molecule has 0 radical (unpaired) electrons. The number of unbranched alkanes of at least 4 members (excludes halogenated alkanes) is 1. The van der Waals surface area contributed by atoms with Crippen molar-refractivity contribution in [2.24, 2.45) is 11.8 Å². The van der Waals surface area contributed by atoms with Crippen molar-refractivity contribution in [1.82, 2.24) is 0 Å². The maximum absolute atomic E-state index is 10.6. The fourth-order valence-electron chi connectivity index (χ4n) is 1.72. The molecule has 0 aromatic heterocycles. The molecule has 94 valence electrons. The summed E-state index contributed by atoms with van der Waals surface area (Å²) >= 11 is 0. The molecule has 0 amide bonds. The Morgan fingerprint density at radius 1 is 0.938 bits per heavy atom. The molecule has 1 saturated carbocycles. The van der Waals surface area contributed by atoms with E-state index in [2.05, 4.69) is 13.8 Å². The van der Waals surface area contributed by atoms with E-state index in [1.54, 1.807) is 0 Å².